The zero-order chi connectivity index (χ0) is 10.6. The van der Waals surface area contributed by atoms with E-state index in [1.807, 2.05) is 26.2 Å². The van der Waals surface area contributed by atoms with Crippen molar-refractivity contribution in [1.82, 2.24) is 9.55 Å². The molecule has 0 aliphatic carbocycles. The van der Waals surface area contributed by atoms with Gasteiger partial charge in [0.25, 0.3) is 0 Å². The Labute approximate surface area is 86.3 Å². The maximum absolute atomic E-state index is 5.97. The molecule has 0 unspecified atom stereocenters. The summed E-state index contributed by atoms with van der Waals surface area (Å²) in [6.45, 7) is 7.32. The largest absolute Gasteiger partial charge is 0.335 e. The molecule has 0 amide bonds. The molecule has 0 saturated heterocycles. The molecule has 0 radical (unpaired) electrons. The first-order valence-electron chi connectivity index (χ1n) is 5.32. The third-order valence-corrected chi connectivity index (χ3v) is 2.17. The summed E-state index contributed by atoms with van der Waals surface area (Å²) in [5.41, 5.74) is 5.80. The molecule has 14 heavy (non-hydrogen) atoms. The van der Waals surface area contributed by atoms with Gasteiger partial charge in [0.05, 0.1) is 0 Å². The van der Waals surface area contributed by atoms with Gasteiger partial charge in [-0.3, -0.25) is 0 Å². The molecule has 1 aromatic heterocycles. The second-order valence-electron chi connectivity index (χ2n) is 4.56. The van der Waals surface area contributed by atoms with Crippen LogP contribution in [0.15, 0.2) is 12.4 Å². The summed E-state index contributed by atoms with van der Waals surface area (Å²) in [5.74, 6) is 1.10. The van der Waals surface area contributed by atoms with Crippen LogP contribution in [0.2, 0.25) is 0 Å². The highest BCUT2D eigenvalue weighted by molar-refractivity contribution is 4.97. The molecule has 0 atom stereocenters. The molecule has 3 nitrogen and oxygen atoms in total. The van der Waals surface area contributed by atoms with E-state index >= 15 is 0 Å². The Morgan fingerprint density at radius 2 is 2.21 bits per heavy atom. The van der Waals surface area contributed by atoms with Crippen molar-refractivity contribution >= 4 is 0 Å². The predicted molar refractivity (Wildman–Crippen MR) is 59.1 cm³/mol. The highest BCUT2D eigenvalue weighted by Gasteiger charge is 2.14. The summed E-state index contributed by atoms with van der Waals surface area (Å²) < 4.78 is 2.21. The monoisotopic (exact) mass is 195 g/mol. The first kappa shape index (κ1) is 11.2. The molecular formula is C11H21N3. The van der Waals surface area contributed by atoms with Crippen LogP contribution in [-0.2, 0) is 13.0 Å². The van der Waals surface area contributed by atoms with Crippen LogP contribution in [0.3, 0.4) is 0 Å². The summed E-state index contributed by atoms with van der Waals surface area (Å²) in [7, 11) is 0. The molecule has 1 aromatic rings. The maximum atomic E-state index is 5.97. The number of nitrogens with two attached hydrogens (primary N) is 1. The number of rotatable bonds is 5. The number of aromatic nitrogens is 2. The lowest BCUT2D eigenvalue weighted by Crippen LogP contribution is -2.35. The number of hydrogen-bond donors (Lipinski definition) is 1. The highest BCUT2D eigenvalue weighted by Crippen LogP contribution is 2.09. The molecule has 0 spiro atoms. The minimum absolute atomic E-state index is 0.171. The highest BCUT2D eigenvalue weighted by atomic mass is 15.1. The lowest BCUT2D eigenvalue weighted by atomic mass is 10.0. The van der Waals surface area contributed by atoms with Crippen LogP contribution in [0.5, 0.6) is 0 Å². The van der Waals surface area contributed by atoms with E-state index in [0.717, 1.165) is 18.8 Å². The molecule has 2 N–H and O–H groups in total. The van der Waals surface area contributed by atoms with Gasteiger partial charge in [-0.2, -0.15) is 0 Å². The Hall–Kier alpha value is -0.830. The van der Waals surface area contributed by atoms with E-state index in [4.69, 9.17) is 5.73 Å². The smallest absolute Gasteiger partial charge is 0.110 e. The maximum Gasteiger partial charge on any atom is 0.110 e. The minimum atomic E-state index is -0.171. The zero-order valence-corrected chi connectivity index (χ0v) is 9.45. The number of imidazole rings is 1. The average Bonchev–Trinajstić information content (AvgIpc) is 2.45. The van der Waals surface area contributed by atoms with E-state index in [-0.39, 0.29) is 5.54 Å². The van der Waals surface area contributed by atoms with Crippen molar-refractivity contribution in [3.8, 4) is 0 Å². The molecule has 0 bridgehead atoms. The van der Waals surface area contributed by atoms with Gasteiger partial charge in [-0.25, -0.2) is 4.98 Å². The van der Waals surface area contributed by atoms with E-state index < -0.39 is 0 Å². The first-order valence-corrected chi connectivity index (χ1v) is 5.32. The third-order valence-electron chi connectivity index (χ3n) is 2.17. The summed E-state index contributed by atoms with van der Waals surface area (Å²) in [4.78, 5) is 4.34. The van der Waals surface area contributed by atoms with Gasteiger partial charge in [-0.05, 0) is 20.3 Å². The number of nitrogens with zero attached hydrogens (tertiary/aromatic N) is 2. The topological polar surface area (TPSA) is 43.8 Å². The van der Waals surface area contributed by atoms with Crippen LogP contribution in [0.25, 0.3) is 0 Å². The Morgan fingerprint density at radius 3 is 2.79 bits per heavy atom. The lowest BCUT2D eigenvalue weighted by molar-refractivity contribution is 0.480. The van der Waals surface area contributed by atoms with E-state index in [1.54, 1.807) is 0 Å². The van der Waals surface area contributed by atoms with Crippen molar-refractivity contribution in [2.45, 2.75) is 52.1 Å². The fourth-order valence-corrected chi connectivity index (χ4v) is 1.45. The SMILES string of the molecule is CCCCn1ccnc1CC(C)(C)N. The molecule has 1 heterocycles. The van der Waals surface area contributed by atoms with Crippen molar-refractivity contribution in [2.75, 3.05) is 0 Å². The third kappa shape index (κ3) is 3.50. The standard InChI is InChI=1S/C11H21N3/c1-4-5-7-14-8-6-13-10(14)9-11(2,3)12/h6,8H,4-5,7,9,12H2,1-3H3. The second kappa shape index (κ2) is 4.60. The second-order valence-corrected chi connectivity index (χ2v) is 4.56. The van der Waals surface area contributed by atoms with Crippen LogP contribution in [0.1, 0.15) is 39.4 Å². The van der Waals surface area contributed by atoms with Gasteiger partial charge < -0.3 is 10.3 Å². The molecule has 0 aromatic carbocycles. The molecular weight excluding hydrogens is 174 g/mol. The molecule has 3 heteroatoms. The van der Waals surface area contributed by atoms with Crippen LogP contribution < -0.4 is 5.73 Å². The van der Waals surface area contributed by atoms with E-state index in [1.165, 1.54) is 12.8 Å². The molecule has 0 fully saturated rings. The number of aryl methyl sites for hydroxylation is 1. The van der Waals surface area contributed by atoms with Gasteiger partial charge in [-0.15, -0.1) is 0 Å². The predicted octanol–water partition coefficient (Wildman–Crippen LogP) is 1.96. The molecule has 0 aliphatic rings. The molecule has 80 valence electrons. The van der Waals surface area contributed by atoms with Gasteiger partial charge in [0, 0.05) is 30.9 Å². The average molecular weight is 195 g/mol. The van der Waals surface area contributed by atoms with Crippen molar-refractivity contribution in [3.63, 3.8) is 0 Å². The van der Waals surface area contributed by atoms with Crippen molar-refractivity contribution in [2.24, 2.45) is 5.73 Å². The van der Waals surface area contributed by atoms with Crippen molar-refractivity contribution < 1.29 is 0 Å². The van der Waals surface area contributed by atoms with Crippen molar-refractivity contribution in [3.05, 3.63) is 18.2 Å². The molecule has 0 saturated carbocycles. The minimum Gasteiger partial charge on any atom is -0.335 e. The fraction of sp³-hybridized carbons (Fsp3) is 0.727. The normalized spacial score (nSPS) is 12.0. The summed E-state index contributed by atoms with van der Waals surface area (Å²) >= 11 is 0. The Kier molecular flexibility index (Phi) is 3.69. The quantitative estimate of drug-likeness (QED) is 0.780. The Bertz CT molecular complexity index is 270. The Balaban J connectivity index is 2.63. The molecule has 0 aliphatic heterocycles. The number of unbranched alkanes of at least 4 members (excludes halogenated alkanes) is 1. The summed E-state index contributed by atoms with van der Waals surface area (Å²) in [6, 6.07) is 0. The van der Waals surface area contributed by atoms with Crippen LogP contribution in [0.4, 0.5) is 0 Å². The van der Waals surface area contributed by atoms with Gasteiger partial charge in [0.1, 0.15) is 5.82 Å². The van der Waals surface area contributed by atoms with Gasteiger partial charge in [-0.1, -0.05) is 13.3 Å². The van der Waals surface area contributed by atoms with Crippen LogP contribution >= 0.6 is 0 Å². The van der Waals surface area contributed by atoms with Crippen LogP contribution in [-0.4, -0.2) is 15.1 Å². The van der Waals surface area contributed by atoms with E-state index in [0.29, 0.717) is 0 Å². The summed E-state index contributed by atoms with van der Waals surface area (Å²) in [6.07, 6.45) is 7.15. The van der Waals surface area contributed by atoms with Crippen molar-refractivity contribution in [1.29, 1.82) is 0 Å². The fourth-order valence-electron chi connectivity index (χ4n) is 1.45. The lowest BCUT2D eigenvalue weighted by Gasteiger charge is -2.18. The van der Waals surface area contributed by atoms with E-state index in [2.05, 4.69) is 16.5 Å². The van der Waals surface area contributed by atoms with Gasteiger partial charge in [0.2, 0.25) is 0 Å². The number of hydrogen-bond acceptors (Lipinski definition) is 2. The van der Waals surface area contributed by atoms with Crippen LogP contribution in [0, 0.1) is 0 Å². The van der Waals surface area contributed by atoms with E-state index in [9.17, 15) is 0 Å². The zero-order valence-electron chi connectivity index (χ0n) is 9.45. The first-order chi connectivity index (χ1) is 6.53. The van der Waals surface area contributed by atoms with Gasteiger partial charge >= 0.3 is 0 Å². The molecule has 1 rings (SSSR count). The Morgan fingerprint density at radius 1 is 1.50 bits per heavy atom. The van der Waals surface area contributed by atoms with Gasteiger partial charge in [0.15, 0.2) is 0 Å². The summed E-state index contributed by atoms with van der Waals surface area (Å²) in [5, 5.41) is 0.